The van der Waals surface area contributed by atoms with Crippen molar-refractivity contribution in [1.82, 2.24) is 4.98 Å². The molecule has 0 amide bonds. The van der Waals surface area contributed by atoms with Crippen molar-refractivity contribution in [2.24, 2.45) is 0 Å². The topological polar surface area (TPSA) is 57.9 Å². The Morgan fingerprint density at radius 1 is 1.22 bits per heavy atom. The zero-order chi connectivity index (χ0) is 16.1. The molecule has 1 aliphatic heterocycles. The summed E-state index contributed by atoms with van der Waals surface area (Å²) in [6.45, 7) is 2.04. The van der Waals surface area contributed by atoms with E-state index < -0.39 is 0 Å². The Morgan fingerprint density at radius 3 is 2.65 bits per heavy atom. The van der Waals surface area contributed by atoms with E-state index in [0.717, 1.165) is 18.4 Å². The van der Waals surface area contributed by atoms with E-state index in [1.165, 1.54) is 12.1 Å². The molecular weight excluding hydrogens is 293 g/mol. The minimum absolute atomic E-state index is 0.115. The zero-order valence-corrected chi connectivity index (χ0v) is 12.8. The molecule has 0 spiro atoms. The van der Waals surface area contributed by atoms with Crippen LogP contribution >= 0.6 is 0 Å². The van der Waals surface area contributed by atoms with Crippen molar-refractivity contribution in [3.05, 3.63) is 59.5 Å². The average Bonchev–Trinajstić information content (AvgIpc) is 2.61. The van der Waals surface area contributed by atoms with Gasteiger partial charge >= 0.3 is 0 Å². The van der Waals surface area contributed by atoms with E-state index in [2.05, 4.69) is 16.4 Å². The highest BCUT2D eigenvalue weighted by Crippen LogP contribution is 2.35. The first kappa shape index (κ1) is 15.4. The molecule has 0 saturated carbocycles. The predicted molar refractivity (Wildman–Crippen MR) is 85.6 cm³/mol. The van der Waals surface area contributed by atoms with Crippen molar-refractivity contribution in [1.29, 1.82) is 5.26 Å². The van der Waals surface area contributed by atoms with Crippen LogP contribution in [0.15, 0.2) is 42.6 Å². The summed E-state index contributed by atoms with van der Waals surface area (Å²) in [7, 11) is 0. The number of nitrogens with zero attached hydrogens (tertiary/aromatic N) is 2. The molecule has 1 N–H and O–H groups in total. The molecule has 1 fully saturated rings. The molecule has 1 saturated heterocycles. The predicted octanol–water partition coefficient (Wildman–Crippen LogP) is 3.25. The Bertz CT molecular complexity index is 703. The Balaban J connectivity index is 1.82. The summed E-state index contributed by atoms with van der Waals surface area (Å²) < 4.78 is 18.7. The quantitative estimate of drug-likeness (QED) is 0.941. The second-order valence-electron chi connectivity index (χ2n) is 5.79. The standard InChI is InChI=1S/C18H18FN3O/c19-16-3-1-15(2-4-16)18(6-9-23-10-7-18)13-22-17-11-14(12-20)5-8-21-17/h1-5,8,11H,6-7,9-10,13H2,(H,21,22). The molecule has 2 heterocycles. The molecule has 0 aliphatic carbocycles. The van der Waals surface area contributed by atoms with E-state index in [1.54, 1.807) is 18.3 Å². The first-order valence-electron chi connectivity index (χ1n) is 7.66. The fourth-order valence-corrected chi connectivity index (χ4v) is 2.99. The third kappa shape index (κ3) is 3.49. The molecule has 4 nitrogen and oxygen atoms in total. The van der Waals surface area contributed by atoms with Gasteiger partial charge in [0.25, 0.3) is 0 Å². The minimum atomic E-state index is -0.229. The Labute approximate surface area is 134 Å². The van der Waals surface area contributed by atoms with Crippen molar-refractivity contribution in [3.63, 3.8) is 0 Å². The average molecular weight is 311 g/mol. The molecule has 0 radical (unpaired) electrons. The van der Waals surface area contributed by atoms with E-state index in [1.807, 2.05) is 12.1 Å². The minimum Gasteiger partial charge on any atom is -0.381 e. The van der Waals surface area contributed by atoms with Gasteiger partial charge in [0.05, 0.1) is 11.6 Å². The van der Waals surface area contributed by atoms with Gasteiger partial charge in [-0.05, 0) is 42.7 Å². The molecule has 0 bridgehead atoms. The van der Waals surface area contributed by atoms with Crippen LogP contribution in [-0.4, -0.2) is 24.7 Å². The molecule has 5 heteroatoms. The number of nitrogens with one attached hydrogen (secondary N) is 1. The molecule has 23 heavy (non-hydrogen) atoms. The summed E-state index contributed by atoms with van der Waals surface area (Å²) in [6.07, 6.45) is 3.35. The van der Waals surface area contributed by atoms with Crippen LogP contribution in [0.1, 0.15) is 24.0 Å². The lowest BCUT2D eigenvalue weighted by molar-refractivity contribution is 0.0543. The third-order valence-electron chi connectivity index (χ3n) is 4.40. The van der Waals surface area contributed by atoms with Crippen LogP contribution in [0, 0.1) is 17.1 Å². The Morgan fingerprint density at radius 2 is 1.96 bits per heavy atom. The highest BCUT2D eigenvalue weighted by atomic mass is 19.1. The number of nitriles is 1. The number of halogens is 1. The summed E-state index contributed by atoms with van der Waals surface area (Å²) in [5.41, 5.74) is 1.56. The number of benzene rings is 1. The number of anilines is 1. The Hall–Kier alpha value is -2.45. The fourth-order valence-electron chi connectivity index (χ4n) is 2.99. The smallest absolute Gasteiger partial charge is 0.127 e. The van der Waals surface area contributed by atoms with E-state index in [9.17, 15) is 4.39 Å². The van der Waals surface area contributed by atoms with E-state index in [-0.39, 0.29) is 11.2 Å². The van der Waals surface area contributed by atoms with Crippen LogP contribution in [0.4, 0.5) is 10.2 Å². The fraction of sp³-hybridized carbons (Fsp3) is 0.333. The molecule has 0 atom stereocenters. The van der Waals surface area contributed by atoms with Gasteiger partial charge in [0, 0.05) is 31.4 Å². The van der Waals surface area contributed by atoms with Gasteiger partial charge < -0.3 is 10.1 Å². The summed E-state index contributed by atoms with van der Waals surface area (Å²) >= 11 is 0. The maximum atomic E-state index is 13.2. The first-order valence-corrected chi connectivity index (χ1v) is 7.66. The van der Waals surface area contributed by atoms with E-state index in [4.69, 9.17) is 10.00 Å². The van der Waals surface area contributed by atoms with Gasteiger partial charge in [0.1, 0.15) is 11.6 Å². The summed E-state index contributed by atoms with van der Waals surface area (Å²) in [5.74, 6) is 0.448. The SMILES string of the molecule is N#Cc1ccnc(NCC2(c3ccc(F)cc3)CCOCC2)c1. The van der Waals surface area contributed by atoms with Crippen LogP contribution < -0.4 is 5.32 Å². The molecule has 1 aromatic carbocycles. The van der Waals surface area contributed by atoms with Gasteiger partial charge in [-0.3, -0.25) is 0 Å². The van der Waals surface area contributed by atoms with Crippen molar-refractivity contribution in [2.45, 2.75) is 18.3 Å². The van der Waals surface area contributed by atoms with Gasteiger partial charge in [-0.1, -0.05) is 12.1 Å². The zero-order valence-electron chi connectivity index (χ0n) is 12.8. The number of aromatic nitrogens is 1. The van der Waals surface area contributed by atoms with Crippen molar-refractivity contribution < 1.29 is 9.13 Å². The van der Waals surface area contributed by atoms with Gasteiger partial charge in [0.2, 0.25) is 0 Å². The van der Waals surface area contributed by atoms with Crippen molar-refractivity contribution in [3.8, 4) is 6.07 Å². The molecule has 118 valence electrons. The van der Waals surface area contributed by atoms with Gasteiger partial charge in [0.15, 0.2) is 0 Å². The Kier molecular flexibility index (Phi) is 4.54. The molecule has 0 unspecified atom stereocenters. The molecule has 3 rings (SSSR count). The van der Waals surface area contributed by atoms with E-state index in [0.29, 0.717) is 31.1 Å². The molecule has 2 aromatic rings. The maximum absolute atomic E-state index is 13.2. The van der Waals surface area contributed by atoms with Crippen LogP contribution in [-0.2, 0) is 10.2 Å². The summed E-state index contributed by atoms with van der Waals surface area (Å²) in [4.78, 5) is 4.26. The number of pyridine rings is 1. The van der Waals surface area contributed by atoms with Gasteiger partial charge in [-0.2, -0.15) is 5.26 Å². The second kappa shape index (κ2) is 6.76. The monoisotopic (exact) mass is 311 g/mol. The maximum Gasteiger partial charge on any atom is 0.127 e. The van der Waals surface area contributed by atoms with Crippen LogP contribution in [0.25, 0.3) is 0 Å². The molecular formula is C18H18FN3O. The lowest BCUT2D eigenvalue weighted by Gasteiger charge is -2.38. The van der Waals surface area contributed by atoms with Crippen molar-refractivity contribution in [2.75, 3.05) is 25.1 Å². The van der Waals surface area contributed by atoms with Crippen molar-refractivity contribution >= 4 is 5.82 Å². The van der Waals surface area contributed by atoms with E-state index >= 15 is 0 Å². The first-order chi connectivity index (χ1) is 11.2. The largest absolute Gasteiger partial charge is 0.381 e. The lowest BCUT2D eigenvalue weighted by Crippen LogP contribution is -2.40. The molecule has 1 aliphatic rings. The summed E-state index contributed by atoms with van der Waals surface area (Å²) in [6, 6.07) is 12.2. The number of rotatable bonds is 4. The number of ether oxygens (including phenoxy) is 1. The summed E-state index contributed by atoms with van der Waals surface area (Å²) in [5, 5.41) is 12.3. The second-order valence-corrected chi connectivity index (χ2v) is 5.79. The van der Waals surface area contributed by atoms with Crippen LogP contribution in [0.2, 0.25) is 0 Å². The number of hydrogen-bond donors (Lipinski definition) is 1. The van der Waals surface area contributed by atoms with Crippen LogP contribution in [0.3, 0.4) is 0 Å². The third-order valence-corrected chi connectivity index (χ3v) is 4.40. The molecule has 1 aromatic heterocycles. The normalized spacial score (nSPS) is 16.5. The number of hydrogen-bond acceptors (Lipinski definition) is 4. The van der Waals surface area contributed by atoms with Crippen LogP contribution in [0.5, 0.6) is 0 Å². The highest BCUT2D eigenvalue weighted by molar-refractivity contribution is 5.43. The lowest BCUT2D eigenvalue weighted by atomic mass is 9.74. The van der Waals surface area contributed by atoms with Gasteiger partial charge in [-0.15, -0.1) is 0 Å². The van der Waals surface area contributed by atoms with Gasteiger partial charge in [-0.25, -0.2) is 9.37 Å². The highest BCUT2D eigenvalue weighted by Gasteiger charge is 2.34.